The zero-order valence-electron chi connectivity index (χ0n) is 13.2. The van der Waals surface area contributed by atoms with Crippen LogP contribution in [0, 0.1) is 13.8 Å². The molecule has 0 aliphatic rings. The predicted octanol–water partition coefficient (Wildman–Crippen LogP) is 1.74. The molecule has 0 atom stereocenters. The van der Waals surface area contributed by atoms with Crippen LogP contribution in [0.3, 0.4) is 0 Å². The molecule has 0 bridgehead atoms. The zero-order valence-corrected chi connectivity index (χ0v) is 13.2. The van der Waals surface area contributed by atoms with Gasteiger partial charge in [-0.15, -0.1) is 0 Å². The molecule has 6 heteroatoms. The Kier molecular flexibility index (Phi) is 4.77. The van der Waals surface area contributed by atoms with Crippen LogP contribution in [0.5, 0.6) is 0 Å². The second kappa shape index (κ2) is 6.56. The van der Waals surface area contributed by atoms with Gasteiger partial charge in [0.1, 0.15) is 0 Å². The fourth-order valence-corrected chi connectivity index (χ4v) is 2.49. The fraction of sp³-hybridized carbons (Fsp3) is 0.533. The van der Waals surface area contributed by atoms with Crippen molar-refractivity contribution in [1.29, 1.82) is 0 Å². The summed E-state index contributed by atoms with van der Waals surface area (Å²) >= 11 is 0. The highest BCUT2D eigenvalue weighted by Gasteiger charge is 2.10. The molecule has 0 spiro atoms. The van der Waals surface area contributed by atoms with E-state index in [-0.39, 0.29) is 5.56 Å². The van der Waals surface area contributed by atoms with Gasteiger partial charge < -0.3 is 4.90 Å². The minimum absolute atomic E-state index is 0.0949. The highest BCUT2D eigenvalue weighted by Crippen LogP contribution is 2.13. The van der Waals surface area contributed by atoms with Crippen LogP contribution in [0.25, 0.3) is 0 Å². The molecule has 2 heterocycles. The van der Waals surface area contributed by atoms with Crippen molar-refractivity contribution in [3.05, 3.63) is 39.1 Å². The lowest BCUT2D eigenvalue weighted by molar-refractivity contribution is 0.795. The highest BCUT2D eigenvalue weighted by atomic mass is 16.1. The topological polar surface area (TPSA) is 77.7 Å². The molecule has 21 heavy (non-hydrogen) atoms. The number of hydrogen-bond donors (Lipinski definition) is 2. The van der Waals surface area contributed by atoms with E-state index in [2.05, 4.69) is 20.2 Å². The summed E-state index contributed by atoms with van der Waals surface area (Å²) in [4.78, 5) is 21.2. The van der Waals surface area contributed by atoms with Gasteiger partial charge in [-0.3, -0.25) is 14.9 Å². The SMILES string of the molecule is CCN(CC)c1nc(CCc2c(C)n[nH]c2C)cc(=O)[nH]1. The Morgan fingerprint density at radius 1 is 1.19 bits per heavy atom. The molecular formula is C15H23N5O. The zero-order chi connectivity index (χ0) is 15.4. The van der Waals surface area contributed by atoms with Gasteiger partial charge in [-0.25, -0.2) is 4.98 Å². The van der Waals surface area contributed by atoms with E-state index in [1.165, 1.54) is 5.56 Å². The molecule has 0 amide bonds. The van der Waals surface area contributed by atoms with Crippen LogP contribution in [0.1, 0.15) is 36.5 Å². The first kappa shape index (κ1) is 15.3. The standard InChI is InChI=1S/C15H23N5O/c1-5-20(6-2)15-16-12(9-14(21)17-15)7-8-13-10(3)18-19-11(13)4/h9H,5-8H2,1-4H3,(H,18,19)(H,16,17,21). The lowest BCUT2D eigenvalue weighted by Crippen LogP contribution is -2.27. The van der Waals surface area contributed by atoms with E-state index in [0.717, 1.165) is 43.0 Å². The van der Waals surface area contributed by atoms with E-state index < -0.39 is 0 Å². The number of aromatic nitrogens is 4. The fourth-order valence-electron chi connectivity index (χ4n) is 2.49. The Labute approximate surface area is 124 Å². The minimum Gasteiger partial charge on any atom is -0.343 e. The van der Waals surface area contributed by atoms with Crippen LogP contribution in [-0.4, -0.2) is 33.3 Å². The first-order chi connectivity index (χ1) is 10.0. The van der Waals surface area contributed by atoms with Crippen molar-refractivity contribution in [2.75, 3.05) is 18.0 Å². The summed E-state index contributed by atoms with van der Waals surface area (Å²) in [5.74, 6) is 0.656. The lowest BCUT2D eigenvalue weighted by atomic mass is 10.1. The molecule has 0 radical (unpaired) electrons. The smallest absolute Gasteiger partial charge is 0.252 e. The van der Waals surface area contributed by atoms with Gasteiger partial charge in [-0.05, 0) is 46.1 Å². The number of rotatable bonds is 6. The van der Waals surface area contributed by atoms with Crippen LogP contribution in [-0.2, 0) is 12.8 Å². The third-order valence-corrected chi connectivity index (χ3v) is 3.76. The van der Waals surface area contributed by atoms with Crippen molar-refractivity contribution in [3.8, 4) is 0 Å². The van der Waals surface area contributed by atoms with Crippen LogP contribution < -0.4 is 10.5 Å². The van der Waals surface area contributed by atoms with E-state index in [1.807, 2.05) is 32.6 Å². The maximum atomic E-state index is 11.8. The third-order valence-electron chi connectivity index (χ3n) is 3.76. The summed E-state index contributed by atoms with van der Waals surface area (Å²) in [7, 11) is 0. The van der Waals surface area contributed by atoms with Crippen LogP contribution in [0.2, 0.25) is 0 Å². The summed E-state index contributed by atoms with van der Waals surface area (Å²) in [5, 5.41) is 7.18. The number of H-pyrrole nitrogens is 2. The second-order valence-electron chi connectivity index (χ2n) is 5.15. The Balaban J connectivity index is 2.19. The van der Waals surface area contributed by atoms with Gasteiger partial charge in [0.05, 0.1) is 11.4 Å². The van der Waals surface area contributed by atoms with Gasteiger partial charge in [-0.2, -0.15) is 5.10 Å². The summed E-state index contributed by atoms with van der Waals surface area (Å²) in [6.07, 6.45) is 1.57. The summed E-state index contributed by atoms with van der Waals surface area (Å²) in [6, 6.07) is 1.58. The van der Waals surface area contributed by atoms with Gasteiger partial charge in [0, 0.05) is 24.8 Å². The first-order valence-electron chi connectivity index (χ1n) is 7.40. The lowest BCUT2D eigenvalue weighted by Gasteiger charge is -2.19. The maximum absolute atomic E-state index is 11.8. The van der Waals surface area contributed by atoms with Crippen molar-refractivity contribution in [3.63, 3.8) is 0 Å². The third kappa shape index (κ3) is 3.51. The van der Waals surface area contributed by atoms with Gasteiger partial charge >= 0.3 is 0 Å². The summed E-state index contributed by atoms with van der Waals surface area (Å²) < 4.78 is 0. The maximum Gasteiger partial charge on any atom is 0.252 e. The predicted molar refractivity (Wildman–Crippen MR) is 83.9 cm³/mol. The largest absolute Gasteiger partial charge is 0.343 e. The first-order valence-corrected chi connectivity index (χ1v) is 7.40. The van der Waals surface area contributed by atoms with Gasteiger partial charge in [-0.1, -0.05) is 0 Å². The molecule has 114 valence electrons. The number of aryl methyl sites for hydroxylation is 3. The Morgan fingerprint density at radius 3 is 2.48 bits per heavy atom. The number of nitrogens with zero attached hydrogens (tertiary/aromatic N) is 3. The molecule has 2 N–H and O–H groups in total. The monoisotopic (exact) mass is 289 g/mol. The minimum atomic E-state index is -0.0949. The van der Waals surface area contributed by atoms with E-state index >= 15 is 0 Å². The summed E-state index contributed by atoms with van der Waals surface area (Å²) in [5.41, 5.74) is 4.03. The molecular weight excluding hydrogens is 266 g/mol. The van der Waals surface area contributed by atoms with E-state index in [4.69, 9.17) is 0 Å². The van der Waals surface area contributed by atoms with Crippen molar-refractivity contribution in [1.82, 2.24) is 20.2 Å². The molecule has 0 fully saturated rings. The van der Waals surface area contributed by atoms with Gasteiger partial charge in [0.15, 0.2) is 0 Å². The average molecular weight is 289 g/mol. The summed E-state index contributed by atoms with van der Waals surface area (Å²) in [6.45, 7) is 9.75. The van der Waals surface area contributed by atoms with Crippen molar-refractivity contribution < 1.29 is 0 Å². The number of aromatic amines is 2. The van der Waals surface area contributed by atoms with E-state index in [0.29, 0.717) is 5.95 Å². The molecule has 0 aromatic carbocycles. The van der Waals surface area contributed by atoms with Crippen molar-refractivity contribution >= 4 is 5.95 Å². The van der Waals surface area contributed by atoms with E-state index in [9.17, 15) is 4.79 Å². The van der Waals surface area contributed by atoms with Gasteiger partial charge in [0.25, 0.3) is 5.56 Å². The molecule has 0 aliphatic carbocycles. The second-order valence-corrected chi connectivity index (χ2v) is 5.15. The molecule has 2 rings (SSSR count). The van der Waals surface area contributed by atoms with Gasteiger partial charge in [0.2, 0.25) is 5.95 Å². The van der Waals surface area contributed by atoms with Crippen LogP contribution >= 0.6 is 0 Å². The average Bonchev–Trinajstić information content (AvgIpc) is 2.77. The molecule has 2 aromatic rings. The molecule has 0 saturated heterocycles. The van der Waals surface area contributed by atoms with Crippen molar-refractivity contribution in [2.45, 2.75) is 40.5 Å². The number of hydrogen-bond acceptors (Lipinski definition) is 4. The Morgan fingerprint density at radius 2 is 1.90 bits per heavy atom. The quantitative estimate of drug-likeness (QED) is 0.849. The van der Waals surface area contributed by atoms with Crippen molar-refractivity contribution in [2.24, 2.45) is 0 Å². The molecule has 0 unspecified atom stereocenters. The van der Waals surface area contributed by atoms with Crippen LogP contribution in [0.15, 0.2) is 10.9 Å². The molecule has 0 saturated carbocycles. The number of anilines is 1. The van der Waals surface area contributed by atoms with E-state index in [1.54, 1.807) is 6.07 Å². The highest BCUT2D eigenvalue weighted by molar-refractivity contribution is 5.30. The Bertz CT molecular complexity index is 635. The molecule has 2 aromatic heterocycles. The molecule has 6 nitrogen and oxygen atoms in total. The van der Waals surface area contributed by atoms with Crippen LogP contribution in [0.4, 0.5) is 5.95 Å². The normalized spacial score (nSPS) is 10.9. The molecule has 0 aliphatic heterocycles. The number of nitrogens with one attached hydrogen (secondary N) is 2. The Hall–Kier alpha value is -2.11.